The van der Waals surface area contributed by atoms with Crippen molar-refractivity contribution in [2.24, 2.45) is 0 Å². The van der Waals surface area contributed by atoms with Gasteiger partial charge in [0.05, 0.1) is 13.2 Å². The van der Waals surface area contributed by atoms with E-state index in [1.54, 1.807) is 26.0 Å². The first-order valence-corrected chi connectivity index (χ1v) is 10.7. The number of hydrogen-bond donors (Lipinski definition) is 1. The number of aliphatic hydroxyl groups is 1. The highest BCUT2D eigenvalue weighted by Crippen LogP contribution is 2.21. The fourth-order valence-corrected chi connectivity index (χ4v) is 2.85. The minimum absolute atomic E-state index is 0. The lowest BCUT2D eigenvalue weighted by molar-refractivity contribution is -0.155. The molecule has 0 aliphatic carbocycles. The van der Waals surface area contributed by atoms with Crippen molar-refractivity contribution in [2.75, 3.05) is 58.3 Å². The van der Waals surface area contributed by atoms with Crippen LogP contribution in [0.3, 0.4) is 0 Å². The monoisotopic (exact) mass is 492 g/mol. The number of esters is 2. The number of rotatable bonds is 9. The van der Waals surface area contributed by atoms with E-state index in [4.69, 9.17) is 14.2 Å². The highest BCUT2D eigenvalue weighted by molar-refractivity contribution is 5.77. The van der Waals surface area contributed by atoms with Gasteiger partial charge in [-0.2, -0.15) is 0 Å². The number of anilines is 2. The average molecular weight is 493 g/mol. The van der Waals surface area contributed by atoms with E-state index in [1.165, 1.54) is 7.11 Å². The molecule has 0 heterocycles. The van der Waals surface area contributed by atoms with E-state index < -0.39 is 18.2 Å². The van der Waals surface area contributed by atoms with Crippen molar-refractivity contribution in [3.63, 3.8) is 0 Å². The molecular formula is C27H44N2O6. The third-order valence-electron chi connectivity index (χ3n) is 4.68. The van der Waals surface area contributed by atoms with Gasteiger partial charge in [-0.05, 0) is 49.2 Å². The van der Waals surface area contributed by atoms with Gasteiger partial charge in [0.2, 0.25) is 0 Å². The number of carbonyl (C=O) groups is 2. The Bertz CT molecular complexity index is 851. The van der Waals surface area contributed by atoms with Crippen molar-refractivity contribution >= 4 is 23.3 Å². The summed E-state index contributed by atoms with van der Waals surface area (Å²) in [6.07, 6.45) is -1.85. The second-order valence-corrected chi connectivity index (χ2v) is 7.49. The van der Waals surface area contributed by atoms with E-state index in [1.807, 2.05) is 74.4 Å². The smallest absolute Gasteiger partial charge is 0.339 e. The van der Waals surface area contributed by atoms with Crippen LogP contribution in [0.4, 0.5) is 11.4 Å². The van der Waals surface area contributed by atoms with E-state index in [0.29, 0.717) is 12.2 Å². The Morgan fingerprint density at radius 2 is 1.11 bits per heavy atom. The predicted molar refractivity (Wildman–Crippen MR) is 143 cm³/mol. The zero-order valence-corrected chi connectivity index (χ0v) is 20.6. The van der Waals surface area contributed by atoms with Crippen LogP contribution in [0, 0.1) is 0 Å². The van der Waals surface area contributed by atoms with Gasteiger partial charge < -0.3 is 29.1 Å². The van der Waals surface area contributed by atoms with Crippen LogP contribution in [-0.4, -0.2) is 65.6 Å². The molecule has 0 aliphatic rings. The molecule has 0 fully saturated rings. The molecular weight excluding hydrogens is 448 g/mol. The summed E-state index contributed by atoms with van der Waals surface area (Å²) in [5.74, 6) is -0.965. The molecule has 0 amide bonds. The number of aliphatic hydroxyl groups excluding tert-OH is 1. The van der Waals surface area contributed by atoms with Gasteiger partial charge in [-0.1, -0.05) is 39.1 Å². The van der Waals surface area contributed by atoms with Crippen LogP contribution in [-0.2, 0) is 23.8 Å². The van der Waals surface area contributed by atoms with Crippen LogP contribution in [0.2, 0.25) is 0 Å². The molecule has 2 rings (SSSR count). The second kappa shape index (κ2) is 17.4. The largest absolute Gasteiger partial charge is 0.464 e. The zero-order chi connectivity index (χ0) is 25.0. The third kappa shape index (κ3) is 10.8. The van der Waals surface area contributed by atoms with E-state index in [2.05, 4.69) is 0 Å². The number of benzene rings is 2. The van der Waals surface area contributed by atoms with Gasteiger partial charge in [-0.25, -0.2) is 9.59 Å². The van der Waals surface area contributed by atoms with Crippen molar-refractivity contribution in [1.29, 1.82) is 0 Å². The van der Waals surface area contributed by atoms with E-state index in [9.17, 15) is 14.7 Å². The molecule has 0 saturated heterocycles. The molecule has 0 saturated carbocycles. The molecule has 1 N–H and O–H groups in total. The Morgan fingerprint density at radius 3 is 1.46 bits per heavy atom. The first-order chi connectivity index (χ1) is 15.7. The molecule has 2 unspecified atom stereocenters. The van der Waals surface area contributed by atoms with Crippen molar-refractivity contribution in [1.82, 2.24) is 0 Å². The quantitative estimate of drug-likeness (QED) is 0.507. The molecule has 0 bridgehead atoms. The number of nitrogens with zero attached hydrogens (tertiary/aromatic N) is 2. The fraction of sp³-hybridized carbons (Fsp3) is 0.481. The maximum Gasteiger partial charge on any atom is 0.339 e. The van der Waals surface area contributed by atoms with Crippen LogP contribution in [0.1, 0.15) is 52.0 Å². The van der Waals surface area contributed by atoms with Gasteiger partial charge in [0, 0.05) is 46.7 Å². The zero-order valence-electron chi connectivity index (χ0n) is 20.6. The summed E-state index contributed by atoms with van der Waals surface area (Å²) in [6, 6.07) is 14.8. The van der Waals surface area contributed by atoms with Crippen molar-refractivity contribution < 1.29 is 28.9 Å². The van der Waals surface area contributed by atoms with E-state index in [-0.39, 0.29) is 27.4 Å². The summed E-state index contributed by atoms with van der Waals surface area (Å²) in [5, 5.41) is 9.66. The van der Waals surface area contributed by atoms with Crippen molar-refractivity contribution in [3.8, 4) is 0 Å². The summed E-state index contributed by atoms with van der Waals surface area (Å²) in [4.78, 5) is 26.9. The van der Waals surface area contributed by atoms with Gasteiger partial charge >= 0.3 is 11.9 Å². The highest BCUT2D eigenvalue weighted by Gasteiger charge is 2.21. The lowest BCUT2D eigenvalue weighted by atomic mass is 10.1. The molecule has 198 valence electrons. The summed E-state index contributed by atoms with van der Waals surface area (Å²) >= 11 is 0. The maximum atomic E-state index is 11.6. The maximum absolute atomic E-state index is 11.6. The summed E-state index contributed by atoms with van der Waals surface area (Å²) in [7, 11) is 9.29. The number of hydrogen-bond acceptors (Lipinski definition) is 8. The van der Waals surface area contributed by atoms with Crippen LogP contribution in [0.15, 0.2) is 48.5 Å². The van der Waals surface area contributed by atoms with Gasteiger partial charge in [0.1, 0.15) is 0 Å². The summed E-state index contributed by atoms with van der Waals surface area (Å²) in [6.45, 7) is 4.11. The lowest BCUT2D eigenvalue weighted by Crippen LogP contribution is -2.18. The fourth-order valence-electron chi connectivity index (χ4n) is 2.85. The molecule has 2 aromatic carbocycles. The summed E-state index contributed by atoms with van der Waals surface area (Å²) < 4.78 is 14.9. The molecule has 2 atom stereocenters. The Morgan fingerprint density at radius 1 is 0.743 bits per heavy atom. The van der Waals surface area contributed by atoms with E-state index >= 15 is 0 Å². The standard InChI is InChI=1S/C13H19NO3.C12H17NO3.2CH4/c1-5-17-13(15)12(16-4)10-6-8-11(9-7-10)14(2)3;1-4-16-12(15)11(14)9-5-7-10(8-6-9)13(2)3;;/h6-9,12H,5H2,1-4H3;5-8,11,14H,4H2,1-3H3;2*1H4. The van der Waals surface area contributed by atoms with Crippen LogP contribution < -0.4 is 9.80 Å². The van der Waals surface area contributed by atoms with Crippen LogP contribution >= 0.6 is 0 Å². The molecule has 0 aromatic heterocycles. The lowest BCUT2D eigenvalue weighted by Gasteiger charge is -2.16. The molecule has 0 spiro atoms. The first kappa shape index (κ1) is 34.1. The molecule has 0 radical (unpaired) electrons. The van der Waals surface area contributed by atoms with Gasteiger partial charge in [0.25, 0.3) is 0 Å². The highest BCUT2D eigenvalue weighted by atomic mass is 16.6. The van der Waals surface area contributed by atoms with Crippen molar-refractivity contribution in [3.05, 3.63) is 59.7 Å². The summed E-state index contributed by atoms with van der Waals surface area (Å²) in [5.41, 5.74) is 3.44. The number of ether oxygens (including phenoxy) is 3. The van der Waals surface area contributed by atoms with Gasteiger partial charge in [-0.15, -0.1) is 0 Å². The topological polar surface area (TPSA) is 88.5 Å². The molecule has 2 aromatic rings. The van der Waals surface area contributed by atoms with Crippen LogP contribution in [0.25, 0.3) is 0 Å². The minimum atomic E-state index is -1.20. The van der Waals surface area contributed by atoms with E-state index in [0.717, 1.165) is 16.9 Å². The van der Waals surface area contributed by atoms with Gasteiger partial charge in [0.15, 0.2) is 12.2 Å². The first-order valence-electron chi connectivity index (χ1n) is 10.7. The Kier molecular flexibility index (Phi) is 16.9. The number of methoxy groups -OCH3 is 1. The second-order valence-electron chi connectivity index (χ2n) is 7.49. The molecule has 8 nitrogen and oxygen atoms in total. The van der Waals surface area contributed by atoms with Crippen LogP contribution in [0.5, 0.6) is 0 Å². The molecule has 8 heteroatoms. The predicted octanol–water partition coefficient (Wildman–Crippen LogP) is 4.62. The normalized spacial score (nSPS) is 11.3. The Hall–Kier alpha value is -3.10. The average Bonchev–Trinajstić information content (AvgIpc) is 2.80. The molecule has 0 aliphatic heterocycles. The minimum Gasteiger partial charge on any atom is -0.464 e. The SMILES string of the molecule is C.C.CCOC(=O)C(O)c1ccc(N(C)C)cc1.CCOC(=O)C(OC)c1ccc(N(C)C)cc1. The van der Waals surface area contributed by atoms with Gasteiger partial charge in [-0.3, -0.25) is 0 Å². The Balaban J connectivity index is 0. The van der Waals surface area contributed by atoms with Crippen molar-refractivity contribution in [2.45, 2.75) is 40.9 Å². The third-order valence-corrected chi connectivity index (χ3v) is 4.68. The number of carbonyl (C=O) groups excluding carboxylic acids is 2. The Labute approximate surface area is 211 Å². The molecule has 35 heavy (non-hydrogen) atoms.